The predicted octanol–water partition coefficient (Wildman–Crippen LogP) is 2.79. The molecule has 0 spiro atoms. The SMILES string of the molecule is C[C@H]1CNc2cc(-c3ccc(C(=O)N4CC[C@@H](O)C4)cc3)ccc2N1. The van der Waals surface area contributed by atoms with E-state index in [4.69, 9.17) is 0 Å². The van der Waals surface area contributed by atoms with Crippen LogP contribution in [0.1, 0.15) is 23.7 Å². The van der Waals surface area contributed by atoms with Crippen molar-refractivity contribution >= 4 is 17.3 Å². The number of nitrogens with one attached hydrogen (secondary N) is 2. The highest BCUT2D eigenvalue weighted by Crippen LogP contribution is 2.31. The third-order valence-corrected chi connectivity index (χ3v) is 4.94. The summed E-state index contributed by atoms with van der Waals surface area (Å²) in [7, 11) is 0. The number of carbonyl (C=O) groups excluding carboxylic acids is 1. The molecule has 0 unspecified atom stereocenters. The molecular formula is C20H23N3O2. The average Bonchev–Trinajstić information content (AvgIpc) is 3.07. The van der Waals surface area contributed by atoms with Gasteiger partial charge in [-0.2, -0.15) is 0 Å². The molecule has 0 saturated carbocycles. The third-order valence-electron chi connectivity index (χ3n) is 4.94. The Bertz CT molecular complexity index is 788. The predicted molar refractivity (Wildman–Crippen MR) is 100.0 cm³/mol. The van der Waals surface area contributed by atoms with Gasteiger partial charge in [0.05, 0.1) is 17.5 Å². The van der Waals surface area contributed by atoms with Gasteiger partial charge in [-0.05, 0) is 48.7 Å². The number of hydrogen-bond acceptors (Lipinski definition) is 4. The maximum atomic E-state index is 12.5. The first-order chi connectivity index (χ1) is 12.1. The summed E-state index contributed by atoms with van der Waals surface area (Å²) in [4.78, 5) is 14.2. The van der Waals surface area contributed by atoms with E-state index in [0.29, 0.717) is 31.1 Å². The summed E-state index contributed by atoms with van der Waals surface area (Å²) in [6.45, 7) is 4.12. The van der Waals surface area contributed by atoms with Crippen molar-refractivity contribution in [3.63, 3.8) is 0 Å². The first-order valence-corrected chi connectivity index (χ1v) is 8.82. The minimum atomic E-state index is -0.387. The van der Waals surface area contributed by atoms with Gasteiger partial charge in [-0.1, -0.05) is 18.2 Å². The molecule has 2 heterocycles. The first kappa shape index (κ1) is 16.0. The lowest BCUT2D eigenvalue weighted by atomic mass is 10.0. The minimum absolute atomic E-state index is 0.00612. The van der Waals surface area contributed by atoms with Crippen LogP contribution in [0.15, 0.2) is 42.5 Å². The number of fused-ring (bicyclic) bond motifs is 1. The van der Waals surface area contributed by atoms with Crippen molar-refractivity contribution in [1.29, 1.82) is 0 Å². The molecule has 2 aromatic carbocycles. The first-order valence-electron chi connectivity index (χ1n) is 8.82. The smallest absolute Gasteiger partial charge is 0.253 e. The standard InChI is InChI=1S/C20H23N3O2/c1-13-11-21-19-10-16(6-7-18(19)22-13)14-2-4-15(5-3-14)20(25)23-9-8-17(24)12-23/h2-7,10,13,17,21-22,24H,8-9,11-12H2,1H3/t13-,17+/m0/s1. The molecule has 1 amide bonds. The number of hydrogen-bond donors (Lipinski definition) is 3. The van der Waals surface area contributed by atoms with Crippen LogP contribution in [0, 0.1) is 0 Å². The van der Waals surface area contributed by atoms with E-state index in [0.717, 1.165) is 29.0 Å². The number of nitrogens with zero attached hydrogens (tertiary/aromatic N) is 1. The van der Waals surface area contributed by atoms with Crippen molar-refractivity contribution in [3.8, 4) is 11.1 Å². The van der Waals surface area contributed by atoms with Gasteiger partial charge in [-0.3, -0.25) is 4.79 Å². The van der Waals surface area contributed by atoms with E-state index in [-0.39, 0.29) is 12.0 Å². The van der Waals surface area contributed by atoms with Crippen molar-refractivity contribution in [2.24, 2.45) is 0 Å². The zero-order valence-electron chi connectivity index (χ0n) is 14.3. The Morgan fingerprint density at radius 3 is 2.60 bits per heavy atom. The molecule has 2 aliphatic heterocycles. The Morgan fingerprint density at radius 2 is 1.88 bits per heavy atom. The number of benzene rings is 2. The second-order valence-electron chi connectivity index (χ2n) is 6.96. The monoisotopic (exact) mass is 337 g/mol. The van der Waals surface area contributed by atoms with Crippen LogP contribution >= 0.6 is 0 Å². The number of aliphatic hydroxyl groups is 1. The van der Waals surface area contributed by atoms with Crippen molar-refractivity contribution in [3.05, 3.63) is 48.0 Å². The van der Waals surface area contributed by atoms with E-state index in [2.05, 4.69) is 35.8 Å². The van der Waals surface area contributed by atoms with Crippen LogP contribution in [0.2, 0.25) is 0 Å². The lowest BCUT2D eigenvalue weighted by molar-refractivity contribution is 0.0765. The van der Waals surface area contributed by atoms with Gasteiger partial charge in [-0.25, -0.2) is 0 Å². The molecule has 1 fully saturated rings. The summed E-state index contributed by atoms with van der Waals surface area (Å²) >= 11 is 0. The molecule has 0 aliphatic carbocycles. The molecule has 2 atom stereocenters. The van der Waals surface area contributed by atoms with Crippen molar-refractivity contribution in [2.75, 3.05) is 30.3 Å². The summed E-state index contributed by atoms with van der Waals surface area (Å²) in [6, 6.07) is 14.5. The second-order valence-corrected chi connectivity index (χ2v) is 6.96. The van der Waals surface area contributed by atoms with Crippen molar-refractivity contribution in [1.82, 2.24) is 4.90 Å². The molecule has 1 saturated heterocycles. The van der Waals surface area contributed by atoms with E-state index in [1.165, 1.54) is 0 Å². The maximum Gasteiger partial charge on any atom is 0.253 e. The zero-order valence-corrected chi connectivity index (χ0v) is 14.3. The third kappa shape index (κ3) is 3.20. The fourth-order valence-electron chi connectivity index (χ4n) is 3.49. The van der Waals surface area contributed by atoms with E-state index >= 15 is 0 Å². The van der Waals surface area contributed by atoms with Gasteiger partial charge in [0.2, 0.25) is 0 Å². The number of carbonyl (C=O) groups is 1. The maximum absolute atomic E-state index is 12.5. The Labute approximate surface area is 147 Å². The van der Waals surface area contributed by atoms with Crippen LogP contribution in [0.5, 0.6) is 0 Å². The topological polar surface area (TPSA) is 64.6 Å². The van der Waals surface area contributed by atoms with E-state index < -0.39 is 0 Å². The highest BCUT2D eigenvalue weighted by Gasteiger charge is 2.25. The number of amides is 1. The van der Waals surface area contributed by atoms with Gasteiger partial charge in [0, 0.05) is 31.2 Å². The van der Waals surface area contributed by atoms with Crippen LogP contribution in [0.3, 0.4) is 0 Å². The van der Waals surface area contributed by atoms with Gasteiger partial charge in [0.15, 0.2) is 0 Å². The van der Waals surface area contributed by atoms with Crippen LogP contribution in [-0.4, -0.2) is 47.7 Å². The van der Waals surface area contributed by atoms with E-state index in [1.807, 2.05) is 24.3 Å². The van der Waals surface area contributed by atoms with Gasteiger partial charge in [-0.15, -0.1) is 0 Å². The lowest BCUT2D eigenvalue weighted by Crippen LogP contribution is -2.29. The molecule has 25 heavy (non-hydrogen) atoms. The summed E-state index contributed by atoms with van der Waals surface area (Å²) in [6.07, 6.45) is 0.279. The molecule has 130 valence electrons. The number of rotatable bonds is 2. The highest BCUT2D eigenvalue weighted by atomic mass is 16.3. The van der Waals surface area contributed by atoms with Gasteiger partial charge in [0.25, 0.3) is 5.91 Å². The van der Waals surface area contributed by atoms with E-state index in [1.54, 1.807) is 4.90 Å². The number of likely N-dealkylation sites (tertiary alicyclic amines) is 1. The molecule has 4 rings (SSSR count). The van der Waals surface area contributed by atoms with Gasteiger partial charge >= 0.3 is 0 Å². The molecule has 0 aromatic heterocycles. The Hall–Kier alpha value is -2.53. The molecule has 2 aromatic rings. The number of anilines is 2. The van der Waals surface area contributed by atoms with Crippen LogP contribution < -0.4 is 10.6 Å². The molecular weight excluding hydrogens is 314 g/mol. The summed E-state index contributed by atoms with van der Waals surface area (Å²) in [5, 5.41) is 16.5. The average molecular weight is 337 g/mol. The molecule has 0 bridgehead atoms. The molecule has 3 N–H and O–H groups in total. The molecule has 0 radical (unpaired) electrons. The molecule has 2 aliphatic rings. The van der Waals surface area contributed by atoms with Crippen LogP contribution in [0.4, 0.5) is 11.4 Å². The molecule has 5 nitrogen and oxygen atoms in total. The van der Waals surface area contributed by atoms with E-state index in [9.17, 15) is 9.90 Å². The Kier molecular flexibility index (Phi) is 4.09. The minimum Gasteiger partial charge on any atom is -0.391 e. The molecule has 5 heteroatoms. The van der Waals surface area contributed by atoms with Gasteiger partial charge in [0.1, 0.15) is 0 Å². The fraction of sp³-hybridized carbons (Fsp3) is 0.350. The van der Waals surface area contributed by atoms with Crippen molar-refractivity contribution in [2.45, 2.75) is 25.5 Å². The lowest BCUT2D eigenvalue weighted by Gasteiger charge is -2.26. The van der Waals surface area contributed by atoms with Gasteiger partial charge < -0.3 is 20.6 Å². The Balaban J connectivity index is 1.53. The normalized spacial score (nSPS) is 22.1. The number of aliphatic hydroxyl groups excluding tert-OH is 1. The highest BCUT2D eigenvalue weighted by molar-refractivity contribution is 5.95. The summed E-state index contributed by atoms with van der Waals surface area (Å²) < 4.78 is 0. The number of β-amino-alcohol motifs (C(OH)–C–C–N with tert-alkyl or cyclic N) is 1. The quantitative estimate of drug-likeness (QED) is 0.788. The van der Waals surface area contributed by atoms with Crippen LogP contribution in [-0.2, 0) is 0 Å². The van der Waals surface area contributed by atoms with Crippen LogP contribution in [0.25, 0.3) is 11.1 Å². The fourth-order valence-corrected chi connectivity index (χ4v) is 3.49. The largest absolute Gasteiger partial charge is 0.391 e. The van der Waals surface area contributed by atoms with Crippen molar-refractivity contribution < 1.29 is 9.90 Å². The summed E-state index contributed by atoms with van der Waals surface area (Å²) in [5.74, 6) is -0.00612. The second kappa shape index (κ2) is 6.41. The Morgan fingerprint density at radius 1 is 1.12 bits per heavy atom. The zero-order chi connectivity index (χ0) is 17.4. The summed E-state index contributed by atoms with van der Waals surface area (Å²) in [5.41, 5.74) is 5.12.